The number of aromatic amines is 1. The maximum atomic E-state index is 13.8. The van der Waals surface area contributed by atoms with Crippen LogP contribution in [0.15, 0.2) is 73.2 Å². The third-order valence-corrected chi connectivity index (χ3v) is 11.5. The summed E-state index contributed by atoms with van der Waals surface area (Å²) in [7, 11) is 0. The second-order valence-electron chi connectivity index (χ2n) is 14.2. The summed E-state index contributed by atoms with van der Waals surface area (Å²) in [4.78, 5) is 40.2. The highest BCUT2D eigenvalue weighted by Gasteiger charge is 2.44. The van der Waals surface area contributed by atoms with Crippen molar-refractivity contribution in [1.82, 2.24) is 39.7 Å². The van der Waals surface area contributed by atoms with Gasteiger partial charge < -0.3 is 15.0 Å². The Hall–Kier alpha value is -5.01. The summed E-state index contributed by atoms with van der Waals surface area (Å²) < 4.78 is 7.00. The molecule has 1 aliphatic carbocycles. The molecule has 3 aliphatic rings. The largest absolute Gasteiger partial charge is 0.475 e. The number of hydrogen-bond donors (Lipinski definition) is 2. The fourth-order valence-corrected chi connectivity index (χ4v) is 7.87. The van der Waals surface area contributed by atoms with Crippen LogP contribution in [-0.2, 0) is 9.59 Å². The van der Waals surface area contributed by atoms with E-state index in [1.807, 2.05) is 66.3 Å². The second-order valence-corrected chi connectivity index (χ2v) is 15.4. The first-order valence-corrected chi connectivity index (χ1v) is 19.2. The Labute approximate surface area is 307 Å². The Kier molecular flexibility index (Phi) is 9.31. The SMILES string of the molecule is CS[C@@]1(C(=O)Nc2ccc3[nH]nc(-c4ccc(OC(C)C)nc4)c3c2)CCN(CC(=O)N2CC=C(c3ccc(-c4ncn(C5CC5)n4)cc3)CC2)C1. The maximum Gasteiger partial charge on any atom is 0.241 e. The molecule has 52 heavy (non-hydrogen) atoms. The molecule has 2 fully saturated rings. The number of H-pyrrole nitrogens is 1. The number of ether oxygens (including phenoxy) is 1. The van der Waals surface area contributed by atoms with Crippen molar-refractivity contribution in [3.8, 4) is 28.5 Å². The van der Waals surface area contributed by atoms with E-state index in [2.05, 4.69) is 65.8 Å². The zero-order valence-electron chi connectivity index (χ0n) is 29.7. The minimum atomic E-state index is -0.655. The minimum Gasteiger partial charge on any atom is -0.475 e. The van der Waals surface area contributed by atoms with Crippen molar-refractivity contribution in [2.24, 2.45) is 0 Å². The Morgan fingerprint density at radius 3 is 2.56 bits per heavy atom. The lowest BCUT2D eigenvalue weighted by atomic mass is 9.98. The molecule has 12 nitrogen and oxygen atoms in total. The van der Waals surface area contributed by atoms with E-state index < -0.39 is 4.75 Å². The molecular weight excluding hydrogens is 675 g/mol. The third-order valence-electron chi connectivity index (χ3n) is 10.2. The maximum absolute atomic E-state index is 13.8. The number of anilines is 1. The molecule has 2 aliphatic heterocycles. The zero-order chi connectivity index (χ0) is 35.8. The van der Waals surface area contributed by atoms with Crippen LogP contribution in [0.25, 0.3) is 39.1 Å². The highest BCUT2D eigenvalue weighted by atomic mass is 32.2. The summed E-state index contributed by atoms with van der Waals surface area (Å²) in [6.45, 7) is 6.67. The van der Waals surface area contributed by atoms with Gasteiger partial charge in [0, 0.05) is 60.6 Å². The molecule has 13 heteroatoms. The number of amides is 2. The Morgan fingerprint density at radius 2 is 1.85 bits per heavy atom. The zero-order valence-corrected chi connectivity index (χ0v) is 30.5. The number of nitrogens with zero attached hydrogens (tertiary/aromatic N) is 7. The van der Waals surface area contributed by atoms with Crippen LogP contribution in [0.1, 0.15) is 51.1 Å². The first-order valence-electron chi connectivity index (χ1n) is 18.0. The number of rotatable bonds is 11. The van der Waals surface area contributed by atoms with Crippen LogP contribution < -0.4 is 10.1 Å². The Balaban J connectivity index is 0.865. The van der Waals surface area contributed by atoms with E-state index in [-0.39, 0.29) is 17.9 Å². The number of carbonyl (C=O) groups is 2. The summed E-state index contributed by atoms with van der Waals surface area (Å²) in [6.07, 6.45) is 11.6. The summed E-state index contributed by atoms with van der Waals surface area (Å²) in [5.41, 5.74) is 6.59. The molecule has 5 aromatic rings. The molecule has 1 saturated carbocycles. The van der Waals surface area contributed by atoms with E-state index in [0.29, 0.717) is 56.8 Å². The summed E-state index contributed by atoms with van der Waals surface area (Å²) in [5.74, 6) is 1.36. The van der Waals surface area contributed by atoms with Gasteiger partial charge in [0.25, 0.3) is 0 Å². The van der Waals surface area contributed by atoms with Crippen LogP contribution >= 0.6 is 11.8 Å². The minimum absolute atomic E-state index is 0.0383. The second kappa shape index (κ2) is 14.2. The fourth-order valence-electron chi connectivity index (χ4n) is 7.03. The van der Waals surface area contributed by atoms with Gasteiger partial charge >= 0.3 is 0 Å². The molecule has 0 spiro atoms. The average molecular weight is 718 g/mol. The highest BCUT2D eigenvalue weighted by Crippen LogP contribution is 2.37. The Morgan fingerprint density at radius 1 is 1.04 bits per heavy atom. The fraction of sp³-hybridized carbons (Fsp3) is 0.385. The van der Waals surface area contributed by atoms with Crippen molar-refractivity contribution >= 4 is 45.7 Å². The van der Waals surface area contributed by atoms with E-state index >= 15 is 0 Å². The van der Waals surface area contributed by atoms with Crippen molar-refractivity contribution in [2.75, 3.05) is 44.3 Å². The van der Waals surface area contributed by atoms with Gasteiger partial charge in [-0.1, -0.05) is 30.3 Å². The monoisotopic (exact) mass is 717 g/mol. The van der Waals surface area contributed by atoms with E-state index in [9.17, 15) is 9.59 Å². The van der Waals surface area contributed by atoms with Gasteiger partial charge in [0.15, 0.2) is 5.82 Å². The Bertz CT molecular complexity index is 2120. The lowest BCUT2D eigenvalue weighted by Gasteiger charge is -2.29. The summed E-state index contributed by atoms with van der Waals surface area (Å²) in [5, 5.41) is 16.3. The lowest BCUT2D eigenvalue weighted by molar-refractivity contribution is -0.132. The molecule has 2 aromatic carbocycles. The van der Waals surface area contributed by atoms with Crippen molar-refractivity contribution in [3.63, 3.8) is 0 Å². The van der Waals surface area contributed by atoms with Gasteiger partial charge in [0.2, 0.25) is 17.7 Å². The van der Waals surface area contributed by atoms with Crippen LogP contribution in [0.3, 0.4) is 0 Å². The number of fused-ring (bicyclic) bond motifs is 1. The van der Waals surface area contributed by atoms with Crippen LogP contribution in [0.4, 0.5) is 5.69 Å². The molecule has 0 bridgehead atoms. The van der Waals surface area contributed by atoms with Gasteiger partial charge in [-0.2, -0.15) is 10.2 Å². The molecule has 1 atom stereocenters. The number of nitrogens with one attached hydrogen (secondary N) is 2. The molecule has 3 aromatic heterocycles. The number of benzene rings is 2. The van der Waals surface area contributed by atoms with Crippen LogP contribution in [-0.4, -0.2) is 101 Å². The van der Waals surface area contributed by atoms with E-state index in [1.165, 1.54) is 24.0 Å². The van der Waals surface area contributed by atoms with Crippen molar-refractivity contribution in [3.05, 3.63) is 78.8 Å². The third kappa shape index (κ3) is 7.07. The smallest absolute Gasteiger partial charge is 0.241 e. The highest BCUT2D eigenvalue weighted by molar-refractivity contribution is 8.00. The van der Waals surface area contributed by atoms with Crippen molar-refractivity contribution in [2.45, 2.75) is 56.4 Å². The number of pyridine rings is 1. The molecule has 8 rings (SSSR count). The quantitative estimate of drug-likeness (QED) is 0.167. The van der Waals surface area contributed by atoms with Crippen LogP contribution in [0.5, 0.6) is 5.88 Å². The number of hydrogen-bond acceptors (Lipinski definition) is 9. The normalized spacial score (nSPS) is 19.3. The van der Waals surface area contributed by atoms with Gasteiger partial charge in [-0.05, 0) is 81.2 Å². The number of carbonyl (C=O) groups excluding carboxylic acids is 2. The predicted molar refractivity (Wildman–Crippen MR) is 204 cm³/mol. The molecule has 0 unspecified atom stereocenters. The number of likely N-dealkylation sites (tertiary alicyclic amines) is 1. The lowest BCUT2D eigenvalue weighted by Crippen LogP contribution is -2.45. The molecule has 268 valence electrons. The van der Waals surface area contributed by atoms with Gasteiger partial charge in [-0.25, -0.2) is 14.6 Å². The summed E-state index contributed by atoms with van der Waals surface area (Å²) >= 11 is 1.55. The molecule has 2 amide bonds. The van der Waals surface area contributed by atoms with E-state index in [0.717, 1.165) is 40.0 Å². The van der Waals surface area contributed by atoms with Gasteiger partial charge in [0.05, 0.1) is 24.2 Å². The van der Waals surface area contributed by atoms with Crippen LogP contribution in [0, 0.1) is 0 Å². The van der Waals surface area contributed by atoms with Crippen molar-refractivity contribution in [1.29, 1.82) is 0 Å². The molecule has 0 radical (unpaired) electrons. The molecule has 2 N–H and O–H groups in total. The molecule has 5 heterocycles. The summed E-state index contributed by atoms with van der Waals surface area (Å²) in [6, 6.07) is 18.5. The topological polar surface area (TPSA) is 134 Å². The van der Waals surface area contributed by atoms with Crippen molar-refractivity contribution < 1.29 is 14.3 Å². The first kappa shape index (κ1) is 34.1. The van der Waals surface area contributed by atoms with E-state index in [4.69, 9.17) is 4.74 Å². The standard InChI is InChI=1S/C39H43N9O3S/c1-25(2)51-34-13-8-29(21-40-34)36-32-20-30(9-12-33(32)43-44-36)42-38(50)39(52-3)16-19-46(23-39)22-35(49)47-17-14-27(15-18-47)26-4-6-28(7-5-26)37-41-24-48(45-37)31-10-11-31/h4-9,12-14,20-21,24-25,31H,10-11,15-19,22-23H2,1-3H3,(H,42,50)(H,43,44)/t39-/m0/s1. The van der Waals surface area contributed by atoms with Gasteiger partial charge in [-0.15, -0.1) is 11.8 Å². The molecule has 1 saturated heterocycles. The van der Waals surface area contributed by atoms with Gasteiger partial charge in [0.1, 0.15) is 16.8 Å². The van der Waals surface area contributed by atoms with Gasteiger partial charge in [-0.3, -0.25) is 19.6 Å². The predicted octanol–water partition coefficient (Wildman–Crippen LogP) is 6.07. The number of thioether (sulfide) groups is 1. The number of aromatic nitrogens is 6. The first-order chi connectivity index (χ1) is 25.3. The molecular formula is C39H43N9O3S. The van der Waals surface area contributed by atoms with Crippen LogP contribution in [0.2, 0.25) is 0 Å². The average Bonchev–Trinajstić information content (AvgIpc) is 3.52. The van der Waals surface area contributed by atoms with E-state index in [1.54, 1.807) is 18.0 Å².